The second-order valence-electron chi connectivity index (χ2n) is 5.36. The van der Waals surface area contributed by atoms with Crippen molar-refractivity contribution in [1.29, 1.82) is 0 Å². The summed E-state index contributed by atoms with van der Waals surface area (Å²) in [6.07, 6.45) is 1.45. The molecule has 1 N–H and O–H groups in total. The van der Waals surface area contributed by atoms with E-state index < -0.39 is 0 Å². The van der Waals surface area contributed by atoms with E-state index in [1.54, 1.807) is 0 Å². The van der Waals surface area contributed by atoms with Crippen LogP contribution in [0.1, 0.15) is 44.9 Å². The molecule has 2 unspecified atom stereocenters. The minimum Gasteiger partial charge on any atom is -0.376 e. The highest BCUT2D eigenvalue weighted by Gasteiger charge is 2.17. The number of benzene rings is 1. The first kappa shape index (κ1) is 17.2. The second kappa shape index (κ2) is 9.11. The SMILES string of the molecule is CCc1ccc(C(NC)C(C)OCCOC(C)C)cc1. The van der Waals surface area contributed by atoms with E-state index >= 15 is 0 Å². The molecular formula is C17H29NO2. The maximum absolute atomic E-state index is 5.87. The molecule has 3 nitrogen and oxygen atoms in total. The fourth-order valence-corrected chi connectivity index (χ4v) is 2.25. The van der Waals surface area contributed by atoms with Crippen LogP contribution in [0, 0.1) is 0 Å². The standard InChI is InChI=1S/C17H29NO2/c1-6-15-7-9-16(10-8-15)17(18-5)14(4)20-12-11-19-13(2)3/h7-10,13-14,17-18H,6,11-12H2,1-5H3. The van der Waals surface area contributed by atoms with Gasteiger partial charge in [-0.25, -0.2) is 0 Å². The molecule has 2 atom stereocenters. The molecule has 1 aromatic carbocycles. The topological polar surface area (TPSA) is 30.5 Å². The molecule has 0 amide bonds. The fraction of sp³-hybridized carbons (Fsp3) is 0.647. The Balaban J connectivity index is 2.50. The van der Waals surface area contributed by atoms with Crippen LogP contribution in [-0.2, 0) is 15.9 Å². The number of rotatable bonds is 9. The number of likely N-dealkylation sites (N-methyl/N-ethyl adjacent to an activating group) is 1. The maximum Gasteiger partial charge on any atom is 0.0742 e. The van der Waals surface area contributed by atoms with E-state index in [9.17, 15) is 0 Å². The van der Waals surface area contributed by atoms with Crippen molar-refractivity contribution in [2.45, 2.75) is 52.4 Å². The van der Waals surface area contributed by atoms with E-state index in [0.717, 1.165) is 6.42 Å². The first-order chi connectivity index (χ1) is 9.58. The highest BCUT2D eigenvalue weighted by Crippen LogP contribution is 2.19. The van der Waals surface area contributed by atoms with E-state index in [1.807, 2.05) is 20.9 Å². The molecule has 0 saturated carbocycles. The van der Waals surface area contributed by atoms with Gasteiger partial charge >= 0.3 is 0 Å². The molecule has 0 heterocycles. The van der Waals surface area contributed by atoms with Gasteiger partial charge in [-0.2, -0.15) is 0 Å². The summed E-state index contributed by atoms with van der Waals surface area (Å²) >= 11 is 0. The molecule has 1 rings (SSSR count). The fourth-order valence-electron chi connectivity index (χ4n) is 2.25. The Kier molecular flexibility index (Phi) is 7.82. The van der Waals surface area contributed by atoms with Crippen LogP contribution in [0.3, 0.4) is 0 Å². The zero-order chi connectivity index (χ0) is 15.0. The highest BCUT2D eigenvalue weighted by atomic mass is 16.5. The van der Waals surface area contributed by atoms with Gasteiger partial charge in [0.15, 0.2) is 0 Å². The highest BCUT2D eigenvalue weighted by molar-refractivity contribution is 5.25. The summed E-state index contributed by atoms with van der Waals surface area (Å²) in [5, 5.41) is 3.34. The first-order valence-corrected chi connectivity index (χ1v) is 7.57. The number of hydrogen-bond acceptors (Lipinski definition) is 3. The zero-order valence-electron chi connectivity index (χ0n) is 13.5. The van der Waals surface area contributed by atoms with E-state index in [-0.39, 0.29) is 18.2 Å². The van der Waals surface area contributed by atoms with Crippen LogP contribution < -0.4 is 5.32 Å². The lowest BCUT2D eigenvalue weighted by atomic mass is 10.0. The summed E-state index contributed by atoms with van der Waals surface area (Å²) in [6.45, 7) is 9.62. The lowest BCUT2D eigenvalue weighted by molar-refractivity contribution is -0.0179. The average Bonchev–Trinajstić information content (AvgIpc) is 2.45. The van der Waals surface area contributed by atoms with Crippen LogP contribution in [0.25, 0.3) is 0 Å². The first-order valence-electron chi connectivity index (χ1n) is 7.57. The normalized spacial score (nSPS) is 14.5. The number of ether oxygens (including phenoxy) is 2. The molecule has 0 bridgehead atoms. The van der Waals surface area contributed by atoms with Crippen molar-refractivity contribution < 1.29 is 9.47 Å². The van der Waals surface area contributed by atoms with Crippen LogP contribution in [0.5, 0.6) is 0 Å². The second-order valence-corrected chi connectivity index (χ2v) is 5.36. The molecule has 0 aliphatic heterocycles. The van der Waals surface area contributed by atoms with Crippen LogP contribution >= 0.6 is 0 Å². The van der Waals surface area contributed by atoms with Crippen LogP contribution in [0.4, 0.5) is 0 Å². The molecule has 0 aliphatic rings. The zero-order valence-corrected chi connectivity index (χ0v) is 13.5. The van der Waals surface area contributed by atoms with E-state index in [1.165, 1.54) is 11.1 Å². The minimum atomic E-state index is 0.114. The lowest BCUT2D eigenvalue weighted by Crippen LogP contribution is -2.30. The molecule has 0 aromatic heterocycles. The van der Waals surface area contributed by atoms with Gasteiger partial charge in [-0.1, -0.05) is 31.2 Å². The molecule has 20 heavy (non-hydrogen) atoms. The molecule has 0 saturated heterocycles. The quantitative estimate of drug-likeness (QED) is 0.703. The summed E-state index contributed by atoms with van der Waals surface area (Å²) in [6, 6.07) is 8.96. The Morgan fingerprint density at radius 1 is 1.00 bits per heavy atom. The molecule has 0 spiro atoms. The van der Waals surface area contributed by atoms with Crippen LogP contribution in [0.15, 0.2) is 24.3 Å². The van der Waals surface area contributed by atoms with Crippen molar-refractivity contribution >= 4 is 0 Å². The van der Waals surface area contributed by atoms with E-state index in [4.69, 9.17) is 9.47 Å². The Morgan fingerprint density at radius 3 is 2.10 bits per heavy atom. The van der Waals surface area contributed by atoms with Gasteiger partial charge in [0.2, 0.25) is 0 Å². The Labute approximate surface area is 123 Å². The van der Waals surface area contributed by atoms with Gasteiger partial charge in [-0.05, 0) is 45.4 Å². The van der Waals surface area contributed by atoms with Crippen molar-refractivity contribution in [2.75, 3.05) is 20.3 Å². The number of aryl methyl sites for hydroxylation is 1. The van der Waals surface area contributed by atoms with Gasteiger partial charge in [-0.15, -0.1) is 0 Å². The van der Waals surface area contributed by atoms with E-state index in [0.29, 0.717) is 13.2 Å². The van der Waals surface area contributed by atoms with Crippen LogP contribution in [-0.4, -0.2) is 32.5 Å². The van der Waals surface area contributed by atoms with Crippen molar-refractivity contribution in [3.05, 3.63) is 35.4 Å². The summed E-state index contributed by atoms with van der Waals surface area (Å²) in [7, 11) is 1.98. The van der Waals surface area contributed by atoms with Crippen molar-refractivity contribution in [3.8, 4) is 0 Å². The Bertz CT molecular complexity index is 362. The third-order valence-electron chi connectivity index (χ3n) is 3.44. The van der Waals surface area contributed by atoms with Crippen LogP contribution in [0.2, 0.25) is 0 Å². The van der Waals surface area contributed by atoms with Gasteiger partial charge < -0.3 is 14.8 Å². The summed E-state index contributed by atoms with van der Waals surface area (Å²) < 4.78 is 11.4. The molecule has 114 valence electrons. The van der Waals surface area contributed by atoms with Crippen molar-refractivity contribution in [2.24, 2.45) is 0 Å². The minimum absolute atomic E-state index is 0.114. The summed E-state index contributed by atoms with van der Waals surface area (Å²) in [5.41, 5.74) is 2.63. The predicted molar refractivity (Wildman–Crippen MR) is 84.1 cm³/mol. The van der Waals surface area contributed by atoms with Gasteiger partial charge in [0.05, 0.1) is 31.5 Å². The largest absolute Gasteiger partial charge is 0.376 e. The van der Waals surface area contributed by atoms with Gasteiger partial charge in [0.25, 0.3) is 0 Å². The Morgan fingerprint density at radius 2 is 1.60 bits per heavy atom. The Hall–Kier alpha value is -0.900. The van der Waals surface area contributed by atoms with E-state index in [2.05, 4.69) is 43.4 Å². The number of nitrogens with one attached hydrogen (secondary N) is 1. The third kappa shape index (κ3) is 5.61. The smallest absolute Gasteiger partial charge is 0.0742 e. The monoisotopic (exact) mass is 279 g/mol. The lowest BCUT2D eigenvalue weighted by Gasteiger charge is -2.24. The number of hydrogen-bond donors (Lipinski definition) is 1. The molecule has 3 heteroatoms. The van der Waals surface area contributed by atoms with Gasteiger partial charge in [0.1, 0.15) is 0 Å². The van der Waals surface area contributed by atoms with Gasteiger partial charge in [-0.3, -0.25) is 0 Å². The molecule has 1 aromatic rings. The van der Waals surface area contributed by atoms with Gasteiger partial charge in [0, 0.05) is 0 Å². The van der Waals surface area contributed by atoms with Crippen molar-refractivity contribution in [1.82, 2.24) is 5.32 Å². The predicted octanol–water partition coefficient (Wildman–Crippen LogP) is 3.34. The molecule has 0 radical (unpaired) electrons. The molecule has 0 aliphatic carbocycles. The third-order valence-corrected chi connectivity index (χ3v) is 3.44. The summed E-state index contributed by atoms with van der Waals surface area (Å²) in [4.78, 5) is 0. The average molecular weight is 279 g/mol. The molecular weight excluding hydrogens is 250 g/mol. The summed E-state index contributed by atoms with van der Waals surface area (Å²) in [5.74, 6) is 0. The maximum atomic E-state index is 5.87. The van der Waals surface area contributed by atoms with Crippen molar-refractivity contribution in [3.63, 3.8) is 0 Å². The molecule has 0 fully saturated rings.